The molecular formula is C72H54O15S3. The summed E-state index contributed by atoms with van der Waals surface area (Å²) in [6.07, 6.45) is 3.85. The highest BCUT2D eigenvalue weighted by Crippen LogP contribution is 2.34. The first-order chi connectivity index (χ1) is 43.7. The number of carbonyl (C=O) groups is 6. The number of carboxylic acid groups (broad SMARTS) is 6. The van der Waals surface area contributed by atoms with E-state index in [2.05, 4.69) is 86.0 Å². The summed E-state index contributed by atoms with van der Waals surface area (Å²) >= 11 is 0. The minimum atomic E-state index is -1.28. The molecular weight excluding hydrogens is 1200 g/mol. The minimum absolute atomic E-state index is 0.134. The van der Waals surface area contributed by atoms with Crippen molar-refractivity contribution in [3.05, 3.63) is 344 Å². The second kappa shape index (κ2) is 34.7. The van der Waals surface area contributed by atoms with Crippen LogP contribution in [0.2, 0.25) is 0 Å². The lowest BCUT2D eigenvalue weighted by molar-refractivity contribution is -0.258. The maximum absolute atomic E-state index is 11.0. The standard InChI is InChI=1S/3C19H14O2S.3C5H4O3/c3*20-19(21)15-11-13-18(14-12-15)22(16-7-3-1-4-8-16)17-9-5-2-6-10-17;3*6-5(7)4-2-1-3-8-4/h3*1-14H;3*1-3H,(H,6,7). The zero-order chi connectivity index (χ0) is 64.0. The fourth-order valence-corrected chi connectivity index (χ4v) is 14.2. The Morgan fingerprint density at radius 2 is 0.400 bits per heavy atom. The summed E-state index contributed by atoms with van der Waals surface area (Å²) in [4.78, 5) is 73.3. The van der Waals surface area contributed by atoms with Crippen molar-refractivity contribution in [3.8, 4) is 0 Å². The molecule has 12 rings (SSSR count). The molecule has 15 nitrogen and oxygen atoms in total. The van der Waals surface area contributed by atoms with Crippen LogP contribution in [0.3, 0.4) is 0 Å². The number of hydrogen-bond donors (Lipinski definition) is 3. The molecule has 3 aromatic heterocycles. The van der Waals surface area contributed by atoms with Crippen molar-refractivity contribution >= 4 is 68.5 Å². The molecule has 0 unspecified atom stereocenters. The summed E-state index contributed by atoms with van der Waals surface area (Å²) in [5.74, 6) is -6.94. The van der Waals surface area contributed by atoms with Gasteiger partial charge in [-0.3, -0.25) is 0 Å². The van der Waals surface area contributed by atoms with Crippen LogP contribution in [0.5, 0.6) is 0 Å². The molecule has 0 aliphatic rings. The second-order valence-corrected chi connectivity index (χ2v) is 24.2. The smallest absolute Gasteiger partial charge is 0.335 e. The van der Waals surface area contributed by atoms with Crippen molar-refractivity contribution in [2.24, 2.45) is 0 Å². The first kappa shape index (κ1) is 66.2. The van der Waals surface area contributed by atoms with E-state index in [1.165, 1.54) is 84.6 Å². The molecule has 12 aromatic rings. The van der Waals surface area contributed by atoms with Gasteiger partial charge in [-0.2, -0.15) is 0 Å². The Hall–Kier alpha value is -11.3. The van der Waals surface area contributed by atoms with Crippen molar-refractivity contribution in [2.45, 2.75) is 44.1 Å². The molecule has 9 aromatic carbocycles. The van der Waals surface area contributed by atoms with E-state index in [4.69, 9.17) is 15.3 Å². The predicted octanol–water partition coefficient (Wildman–Crippen LogP) is 12.4. The van der Waals surface area contributed by atoms with E-state index in [0.29, 0.717) is 16.7 Å². The van der Waals surface area contributed by atoms with Gasteiger partial charge in [0.05, 0.1) is 68.2 Å². The Morgan fingerprint density at radius 1 is 0.233 bits per heavy atom. The molecule has 90 heavy (non-hydrogen) atoms. The summed E-state index contributed by atoms with van der Waals surface area (Å²) in [7, 11) is -0.687. The summed E-state index contributed by atoms with van der Waals surface area (Å²) in [5, 5.41) is 56.7. The average Bonchev–Trinajstić information content (AvgIpc) is 1.52. The van der Waals surface area contributed by atoms with E-state index >= 15 is 0 Å². The van der Waals surface area contributed by atoms with Gasteiger partial charge in [-0.05, 0) is 182 Å². The van der Waals surface area contributed by atoms with E-state index in [0.717, 1.165) is 14.7 Å². The zero-order valence-corrected chi connectivity index (χ0v) is 49.9. The summed E-state index contributed by atoms with van der Waals surface area (Å²) in [6.45, 7) is 0. The monoisotopic (exact) mass is 1250 g/mol. The molecule has 450 valence electrons. The topological polar surface area (TPSA) is 272 Å². The van der Waals surface area contributed by atoms with Crippen molar-refractivity contribution in [1.82, 2.24) is 0 Å². The van der Waals surface area contributed by atoms with Crippen LogP contribution in [0.25, 0.3) is 0 Å². The van der Waals surface area contributed by atoms with Crippen LogP contribution in [0.15, 0.2) is 367 Å². The van der Waals surface area contributed by atoms with Crippen molar-refractivity contribution in [2.75, 3.05) is 0 Å². The van der Waals surface area contributed by atoms with E-state index in [9.17, 15) is 44.1 Å². The lowest BCUT2D eigenvalue weighted by Gasteiger charge is -2.07. The van der Waals surface area contributed by atoms with Gasteiger partial charge in [0.2, 0.25) is 0 Å². The van der Waals surface area contributed by atoms with Gasteiger partial charge in [-0.25, -0.2) is 14.4 Å². The van der Waals surface area contributed by atoms with Crippen LogP contribution in [0.1, 0.15) is 62.7 Å². The van der Waals surface area contributed by atoms with Gasteiger partial charge >= 0.3 is 17.9 Å². The van der Waals surface area contributed by atoms with Gasteiger partial charge in [0.15, 0.2) is 44.1 Å². The summed E-state index contributed by atoms with van der Waals surface area (Å²) < 4.78 is 13.3. The molecule has 18 heteroatoms. The molecule has 0 radical (unpaired) electrons. The highest BCUT2D eigenvalue weighted by Gasteiger charge is 2.31. The molecule has 3 N–H and O–H groups in total. The molecule has 0 aliphatic heterocycles. The second-order valence-electron chi connectivity index (χ2n) is 18.1. The number of rotatable bonds is 15. The molecule has 0 bridgehead atoms. The summed E-state index contributed by atoms with van der Waals surface area (Å²) in [5.41, 5.74) is 0.940. The number of benzene rings is 9. The van der Waals surface area contributed by atoms with Gasteiger partial charge in [-0.1, -0.05) is 109 Å². The van der Waals surface area contributed by atoms with Crippen LogP contribution in [0.4, 0.5) is 0 Å². The van der Waals surface area contributed by atoms with Crippen molar-refractivity contribution in [1.29, 1.82) is 0 Å². The third kappa shape index (κ3) is 20.1. The third-order valence-corrected chi connectivity index (χ3v) is 18.7. The highest BCUT2D eigenvalue weighted by molar-refractivity contribution is 7.97. The predicted molar refractivity (Wildman–Crippen MR) is 334 cm³/mol. The largest absolute Gasteiger partial charge is 0.542 e. The minimum Gasteiger partial charge on any atom is -0.542 e. The Kier molecular flexibility index (Phi) is 25.6. The van der Waals surface area contributed by atoms with E-state index < -0.39 is 35.8 Å². The van der Waals surface area contributed by atoms with E-state index in [1.807, 2.05) is 146 Å². The van der Waals surface area contributed by atoms with Crippen molar-refractivity contribution in [3.63, 3.8) is 0 Å². The fraction of sp³-hybridized carbons (Fsp3) is 0. The summed E-state index contributed by atoms with van der Waals surface area (Å²) in [6, 6.07) is 91.7. The van der Waals surface area contributed by atoms with Crippen LogP contribution in [-0.2, 0) is 32.7 Å². The van der Waals surface area contributed by atoms with Crippen molar-refractivity contribution < 1.29 is 72.7 Å². The number of carboxylic acids is 6. The highest BCUT2D eigenvalue weighted by atomic mass is 32.2. The molecule has 0 atom stereocenters. The van der Waals surface area contributed by atoms with Gasteiger partial charge in [0.25, 0.3) is 0 Å². The van der Waals surface area contributed by atoms with Crippen LogP contribution in [-0.4, -0.2) is 51.1 Å². The molecule has 0 fully saturated rings. The SMILES string of the molecule is O=C(O)c1ccc([S+](c2ccccc2)c2ccccc2)cc1.O=C(O)c1ccc([S+](c2ccccc2)c2ccccc2)cc1.O=C(O)c1ccc([S+](c2ccccc2)c2ccccc2)cc1.O=C([O-])c1ccco1.O=C([O-])c1ccco1.O=C([O-])c1ccco1. The lowest BCUT2D eigenvalue weighted by atomic mass is 10.2. The normalized spacial score (nSPS) is 10.2. The van der Waals surface area contributed by atoms with Gasteiger partial charge in [-0.15, -0.1) is 0 Å². The van der Waals surface area contributed by atoms with Gasteiger partial charge in [0, 0.05) is 0 Å². The van der Waals surface area contributed by atoms with E-state index in [-0.39, 0.29) is 50.0 Å². The first-order valence-electron chi connectivity index (χ1n) is 27.0. The molecule has 0 amide bonds. The Morgan fingerprint density at radius 3 is 0.522 bits per heavy atom. The number of aromatic carboxylic acids is 6. The quantitative estimate of drug-likeness (QED) is 0.0805. The average molecular weight is 1260 g/mol. The maximum Gasteiger partial charge on any atom is 0.335 e. The molecule has 0 saturated carbocycles. The van der Waals surface area contributed by atoms with Gasteiger partial charge in [0.1, 0.15) is 35.2 Å². The fourth-order valence-electron chi connectivity index (χ4n) is 7.95. The molecule has 0 aliphatic carbocycles. The Bertz CT molecular complexity index is 3540. The maximum atomic E-state index is 11.0. The number of carbonyl (C=O) groups excluding carboxylic acids is 3. The molecule has 0 spiro atoms. The number of furan rings is 3. The first-order valence-corrected chi connectivity index (χ1v) is 30.6. The lowest BCUT2D eigenvalue weighted by Crippen LogP contribution is -2.21. The van der Waals surface area contributed by atoms with Crippen LogP contribution in [0, 0.1) is 0 Å². The zero-order valence-electron chi connectivity index (χ0n) is 47.4. The van der Waals surface area contributed by atoms with Gasteiger partial charge < -0.3 is 58.3 Å². The molecule has 0 saturated heterocycles. The Balaban J connectivity index is 0.000000162. The van der Waals surface area contributed by atoms with Crippen LogP contribution < -0.4 is 15.3 Å². The Labute approximate surface area is 526 Å². The van der Waals surface area contributed by atoms with Crippen LogP contribution >= 0.6 is 0 Å². The van der Waals surface area contributed by atoms with E-state index in [1.54, 1.807) is 36.4 Å². The number of hydrogen-bond acceptors (Lipinski definition) is 12. The third-order valence-electron chi connectivity index (χ3n) is 12.1. The molecule has 3 heterocycles.